The van der Waals surface area contributed by atoms with Gasteiger partial charge in [0.15, 0.2) is 11.4 Å². The number of carbonyl (C=O) groups is 1. The molecule has 1 amide bonds. The lowest BCUT2D eigenvalue weighted by Gasteiger charge is -2.36. The van der Waals surface area contributed by atoms with Gasteiger partial charge in [0.05, 0.1) is 29.8 Å². The zero-order valence-corrected chi connectivity index (χ0v) is 17.7. The zero-order chi connectivity index (χ0) is 23.8. The van der Waals surface area contributed by atoms with Crippen LogP contribution in [0.3, 0.4) is 0 Å². The van der Waals surface area contributed by atoms with Crippen molar-refractivity contribution in [1.29, 1.82) is 0 Å². The molecule has 1 saturated heterocycles. The van der Waals surface area contributed by atoms with Crippen LogP contribution in [0.1, 0.15) is 30.0 Å². The second kappa shape index (κ2) is 8.77. The molecule has 4 rings (SSSR count). The number of pyridine rings is 1. The highest BCUT2D eigenvalue weighted by atomic mass is 19.4. The van der Waals surface area contributed by atoms with Gasteiger partial charge in [-0.1, -0.05) is 5.21 Å². The number of benzene rings is 1. The number of rotatable bonds is 4. The van der Waals surface area contributed by atoms with E-state index in [2.05, 4.69) is 20.6 Å². The number of morpholine rings is 1. The number of alkyl halides is 3. The molecule has 1 N–H and O–H groups in total. The maximum Gasteiger partial charge on any atom is 0.435 e. The van der Waals surface area contributed by atoms with Gasteiger partial charge in [-0.3, -0.25) is 4.79 Å². The first-order chi connectivity index (χ1) is 15.6. The zero-order valence-electron chi connectivity index (χ0n) is 17.7. The molecule has 0 radical (unpaired) electrons. The average molecular weight is 464 g/mol. The van der Waals surface area contributed by atoms with Crippen LogP contribution in [0.4, 0.5) is 29.1 Å². The molecule has 0 spiro atoms. The van der Waals surface area contributed by atoms with Gasteiger partial charge in [0.1, 0.15) is 11.6 Å². The molecule has 3 aromatic rings. The van der Waals surface area contributed by atoms with Crippen LogP contribution in [0.2, 0.25) is 0 Å². The topological polar surface area (TPSA) is 85.2 Å². The molecule has 2 atom stereocenters. The predicted molar refractivity (Wildman–Crippen MR) is 111 cm³/mol. The number of aromatic nitrogens is 4. The van der Waals surface area contributed by atoms with Gasteiger partial charge >= 0.3 is 6.18 Å². The molecule has 0 bridgehead atoms. The molecule has 2 unspecified atom stereocenters. The minimum absolute atomic E-state index is 0.0273. The Morgan fingerprint density at radius 3 is 2.33 bits per heavy atom. The summed E-state index contributed by atoms with van der Waals surface area (Å²) >= 11 is 0. The normalized spacial score (nSPS) is 18.9. The largest absolute Gasteiger partial charge is 0.435 e. The summed E-state index contributed by atoms with van der Waals surface area (Å²) in [5, 5.41) is 9.27. The van der Waals surface area contributed by atoms with Crippen LogP contribution in [0.25, 0.3) is 5.69 Å². The van der Waals surface area contributed by atoms with E-state index in [0.717, 1.165) is 24.3 Å². The molecule has 8 nitrogen and oxygen atoms in total. The van der Waals surface area contributed by atoms with Crippen LogP contribution in [0.15, 0.2) is 42.6 Å². The highest BCUT2D eigenvalue weighted by molar-refractivity contribution is 6.03. The first kappa shape index (κ1) is 22.6. The molecule has 0 saturated carbocycles. The number of anilines is 2. The van der Waals surface area contributed by atoms with Crippen LogP contribution in [0, 0.1) is 5.82 Å². The maximum atomic E-state index is 13.7. The van der Waals surface area contributed by atoms with E-state index in [9.17, 15) is 22.4 Å². The number of carbonyl (C=O) groups excluding carboxylic acids is 1. The molecule has 1 fully saturated rings. The Balaban J connectivity index is 1.55. The number of amides is 1. The third-order valence-corrected chi connectivity index (χ3v) is 4.97. The maximum absolute atomic E-state index is 13.7. The summed E-state index contributed by atoms with van der Waals surface area (Å²) in [5.41, 5.74) is -2.17. The summed E-state index contributed by atoms with van der Waals surface area (Å²) in [4.78, 5) is 18.9. The number of nitrogens with one attached hydrogen (secondary N) is 1. The average Bonchev–Trinajstić information content (AvgIpc) is 3.20. The van der Waals surface area contributed by atoms with E-state index in [1.807, 2.05) is 18.7 Å². The summed E-state index contributed by atoms with van der Waals surface area (Å²) in [7, 11) is 0. The molecule has 0 aliphatic carbocycles. The van der Waals surface area contributed by atoms with Crippen molar-refractivity contribution in [2.75, 3.05) is 23.3 Å². The molecule has 12 heteroatoms. The highest BCUT2D eigenvalue weighted by Gasteiger charge is 2.42. The predicted octanol–water partition coefficient (Wildman–Crippen LogP) is 3.69. The summed E-state index contributed by atoms with van der Waals surface area (Å²) < 4.78 is 60.5. The Hall–Kier alpha value is -3.54. The first-order valence-corrected chi connectivity index (χ1v) is 10.1. The van der Waals surface area contributed by atoms with E-state index >= 15 is 0 Å². The van der Waals surface area contributed by atoms with Gasteiger partial charge in [-0.2, -0.15) is 13.2 Å². The van der Waals surface area contributed by atoms with Crippen molar-refractivity contribution in [3.63, 3.8) is 0 Å². The SMILES string of the molecule is CC1CN(c2ccc(NC(=O)c3nnn(-c4ccc(F)cc4)c3C(F)(F)F)cn2)CC(C)O1. The van der Waals surface area contributed by atoms with Crippen LogP contribution in [-0.2, 0) is 10.9 Å². The monoisotopic (exact) mass is 464 g/mol. The van der Waals surface area contributed by atoms with E-state index < -0.39 is 29.3 Å². The molecule has 3 heterocycles. The first-order valence-electron chi connectivity index (χ1n) is 10.1. The lowest BCUT2D eigenvalue weighted by atomic mass is 10.2. The minimum Gasteiger partial charge on any atom is -0.372 e. The van der Waals surface area contributed by atoms with Crippen molar-refractivity contribution in [3.05, 3.63) is 59.8 Å². The van der Waals surface area contributed by atoms with E-state index in [-0.39, 0.29) is 23.6 Å². The molecule has 1 aliphatic rings. The fourth-order valence-electron chi connectivity index (χ4n) is 3.65. The third-order valence-electron chi connectivity index (χ3n) is 4.97. The van der Waals surface area contributed by atoms with Crippen LogP contribution < -0.4 is 10.2 Å². The van der Waals surface area contributed by atoms with E-state index in [4.69, 9.17) is 4.74 Å². The molecular formula is C21H20F4N6O2. The number of hydrogen-bond acceptors (Lipinski definition) is 6. The Labute approximate surface area is 186 Å². The highest BCUT2D eigenvalue weighted by Crippen LogP contribution is 2.33. The van der Waals surface area contributed by atoms with Gasteiger partial charge in [-0.15, -0.1) is 5.10 Å². The van der Waals surface area contributed by atoms with Crippen molar-refractivity contribution in [2.45, 2.75) is 32.2 Å². The molecule has 2 aromatic heterocycles. The minimum atomic E-state index is -4.93. The number of ether oxygens (including phenoxy) is 1. The van der Waals surface area contributed by atoms with Gasteiger partial charge < -0.3 is 15.0 Å². The van der Waals surface area contributed by atoms with Gasteiger partial charge in [0, 0.05) is 13.1 Å². The fraction of sp³-hybridized carbons (Fsp3) is 0.333. The van der Waals surface area contributed by atoms with Gasteiger partial charge in [0.25, 0.3) is 5.91 Å². The number of halogens is 4. The van der Waals surface area contributed by atoms with E-state index in [0.29, 0.717) is 23.6 Å². The van der Waals surface area contributed by atoms with Crippen molar-refractivity contribution in [3.8, 4) is 5.69 Å². The van der Waals surface area contributed by atoms with Gasteiger partial charge in [-0.05, 0) is 50.2 Å². The second-order valence-corrected chi connectivity index (χ2v) is 7.69. The quantitative estimate of drug-likeness (QED) is 0.593. The van der Waals surface area contributed by atoms with Crippen LogP contribution in [0.5, 0.6) is 0 Å². The second-order valence-electron chi connectivity index (χ2n) is 7.69. The number of nitrogens with zero attached hydrogens (tertiary/aromatic N) is 5. The molecule has 1 aromatic carbocycles. The Morgan fingerprint density at radius 1 is 1.09 bits per heavy atom. The standard InChI is InChI=1S/C21H20F4N6O2/c1-12-10-30(11-13(2)33-12)17-8-5-15(9-26-17)27-20(32)18-19(21(23,24)25)31(29-28-18)16-6-3-14(22)4-7-16/h3-9,12-13H,10-11H2,1-2H3,(H,27,32). The van der Waals surface area contributed by atoms with Crippen LogP contribution in [-0.4, -0.2) is 51.2 Å². The Morgan fingerprint density at radius 2 is 1.76 bits per heavy atom. The summed E-state index contributed by atoms with van der Waals surface area (Å²) in [6, 6.07) is 7.40. The van der Waals surface area contributed by atoms with Crippen molar-refractivity contribution in [2.24, 2.45) is 0 Å². The van der Waals surface area contributed by atoms with Gasteiger partial charge in [0.2, 0.25) is 0 Å². The Kier molecular flexibility index (Phi) is 6.02. The lowest BCUT2D eigenvalue weighted by molar-refractivity contribution is -0.143. The third kappa shape index (κ3) is 4.95. The fourth-order valence-corrected chi connectivity index (χ4v) is 3.65. The molecule has 33 heavy (non-hydrogen) atoms. The molecule has 174 valence electrons. The Bertz CT molecular complexity index is 1120. The summed E-state index contributed by atoms with van der Waals surface area (Å²) in [6.45, 7) is 5.19. The van der Waals surface area contributed by atoms with Crippen molar-refractivity contribution < 1.29 is 27.1 Å². The summed E-state index contributed by atoms with van der Waals surface area (Å²) in [5.74, 6) is -1.06. The van der Waals surface area contributed by atoms with Gasteiger partial charge in [-0.25, -0.2) is 14.1 Å². The van der Waals surface area contributed by atoms with Crippen molar-refractivity contribution >= 4 is 17.4 Å². The molecular weight excluding hydrogens is 444 g/mol. The smallest absolute Gasteiger partial charge is 0.372 e. The van der Waals surface area contributed by atoms with E-state index in [1.54, 1.807) is 12.1 Å². The molecule has 1 aliphatic heterocycles. The van der Waals surface area contributed by atoms with Crippen molar-refractivity contribution in [1.82, 2.24) is 20.0 Å². The van der Waals surface area contributed by atoms with Crippen LogP contribution >= 0.6 is 0 Å². The lowest BCUT2D eigenvalue weighted by Crippen LogP contribution is -2.45. The van der Waals surface area contributed by atoms with E-state index in [1.165, 1.54) is 6.20 Å². The summed E-state index contributed by atoms with van der Waals surface area (Å²) in [6.07, 6.45) is -3.52. The number of hydrogen-bond donors (Lipinski definition) is 1.